The molecule has 0 bridgehead atoms. The van der Waals surface area contributed by atoms with E-state index in [1.165, 1.54) is 0 Å². The number of rotatable bonds is 3. The standard InChI is InChI=1S/C9H9BrF3N3/c1-5(10)3-15-7-2-8(9(11,12)13)16-4-6(7)14/h2,4H,1,3,14H2,(H,15,16). The minimum atomic E-state index is -4.48. The third kappa shape index (κ3) is 3.41. The first kappa shape index (κ1) is 12.8. The summed E-state index contributed by atoms with van der Waals surface area (Å²) in [7, 11) is 0. The fourth-order valence-corrected chi connectivity index (χ4v) is 1.11. The van der Waals surface area contributed by atoms with E-state index in [0.717, 1.165) is 12.3 Å². The van der Waals surface area contributed by atoms with E-state index in [4.69, 9.17) is 5.73 Å². The third-order valence-electron chi connectivity index (χ3n) is 1.70. The molecule has 3 N–H and O–H groups in total. The van der Waals surface area contributed by atoms with Gasteiger partial charge in [-0.2, -0.15) is 13.2 Å². The van der Waals surface area contributed by atoms with Gasteiger partial charge in [0.15, 0.2) is 0 Å². The Morgan fingerprint density at radius 2 is 2.19 bits per heavy atom. The molecule has 0 fully saturated rings. The van der Waals surface area contributed by atoms with Crippen LogP contribution in [0.4, 0.5) is 24.5 Å². The van der Waals surface area contributed by atoms with Gasteiger partial charge < -0.3 is 11.1 Å². The van der Waals surface area contributed by atoms with Crippen LogP contribution in [-0.4, -0.2) is 11.5 Å². The summed E-state index contributed by atoms with van der Waals surface area (Å²) in [5, 5.41) is 2.71. The van der Waals surface area contributed by atoms with E-state index in [0.29, 0.717) is 4.48 Å². The Labute approximate surface area is 98.7 Å². The van der Waals surface area contributed by atoms with Crippen molar-refractivity contribution in [2.24, 2.45) is 0 Å². The van der Waals surface area contributed by atoms with E-state index in [9.17, 15) is 13.2 Å². The highest BCUT2D eigenvalue weighted by Crippen LogP contribution is 2.31. The first-order valence-corrected chi connectivity index (χ1v) is 5.00. The Balaban J connectivity index is 2.95. The number of nitrogens with two attached hydrogens (primary N) is 1. The van der Waals surface area contributed by atoms with Gasteiger partial charge in [0.2, 0.25) is 0 Å². The molecule has 1 rings (SSSR count). The van der Waals surface area contributed by atoms with Crippen LogP contribution in [0.3, 0.4) is 0 Å². The number of halogens is 4. The number of alkyl halides is 3. The van der Waals surface area contributed by atoms with Gasteiger partial charge in [0.25, 0.3) is 0 Å². The van der Waals surface area contributed by atoms with Gasteiger partial charge >= 0.3 is 6.18 Å². The lowest BCUT2D eigenvalue weighted by Gasteiger charge is -2.11. The molecule has 1 aromatic rings. The second-order valence-electron chi connectivity index (χ2n) is 3.03. The number of anilines is 2. The average Bonchev–Trinajstić information content (AvgIpc) is 2.14. The lowest BCUT2D eigenvalue weighted by molar-refractivity contribution is -0.141. The maximum atomic E-state index is 12.3. The first-order chi connectivity index (χ1) is 7.30. The molecule has 0 aliphatic carbocycles. The van der Waals surface area contributed by atoms with E-state index >= 15 is 0 Å². The van der Waals surface area contributed by atoms with Crippen LogP contribution in [0.1, 0.15) is 5.69 Å². The fourth-order valence-electron chi connectivity index (χ4n) is 0.965. The molecule has 0 radical (unpaired) electrons. The summed E-state index contributed by atoms with van der Waals surface area (Å²) in [6.07, 6.45) is -3.50. The highest BCUT2D eigenvalue weighted by Gasteiger charge is 2.32. The lowest BCUT2D eigenvalue weighted by atomic mass is 10.2. The van der Waals surface area contributed by atoms with Crippen LogP contribution < -0.4 is 11.1 Å². The summed E-state index contributed by atoms with van der Waals surface area (Å²) in [5.41, 5.74) is 4.84. The van der Waals surface area contributed by atoms with Crippen LogP contribution in [0.5, 0.6) is 0 Å². The average molecular weight is 296 g/mol. The van der Waals surface area contributed by atoms with Crippen LogP contribution in [0.15, 0.2) is 23.3 Å². The zero-order chi connectivity index (χ0) is 12.3. The van der Waals surface area contributed by atoms with E-state index < -0.39 is 11.9 Å². The topological polar surface area (TPSA) is 50.9 Å². The Morgan fingerprint density at radius 3 is 2.69 bits per heavy atom. The highest BCUT2D eigenvalue weighted by atomic mass is 79.9. The van der Waals surface area contributed by atoms with Crippen molar-refractivity contribution in [1.82, 2.24) is 4.98 Å². The van der Waals surface area contributed by atoms with Crippen molar-refractivity contribution in [1.29, 1.82) is 0 Å². The van der Waals surface area contributed by atoms with Crippen molar-refractivity contribution in [2.75, 3.05) is 17.6 Å². The lowest BCUT2D eigenvalue weighted by Crippen LogP contribution is -2.11. The summed E-state index contributed by atoms with van der Waals surface area (Å²) in [4.78, 5) is 3.21. The number of pyridine rings is 1. The van der Waals surface area contributed by atoms with Gasteiger partial charge in [-0.05, 0) is 6.07 Å². The molecule has 0 aliphatic heterocycles. The highest BCUT2D eigenvalue weighted by molar-refractivity contribution is 9.11. The van der Waals surface area contributed by atoms with Gasteiger partial charge in [-0.25, -0.2) is 4.98 Å². The molecule has 7 heteroatoms. The Hall–Kier alpha value is -1.24. The quantitative estimate of drug-likeness (QED) is 0.901. The normalized spacial score (nSPS) is 11.2. The number of nitrogens with one attached hydrogen (secondary N) is 1. The van der Waals surface area contributed by atoms with Gasteiger partial charge in [0, 0.05) is 11.0 Å². The van der Waals surface area contributed by atoms with E-state index in [2.05, 4.69) is 32.8 Å². The zero-order valence-corrected chi connectivity index (χ0v) is 9.69. The largest absolute Gasteiger partial charge is 0.433 e. The molecule has 3 nitrogen and oxygen atoms in total. The summed E-state index contributed by atoms with van der Waals surface area (Å²) in [6.45, 7) is 3.83. The number of nitrogens with zero attached hydrogens (tertiary/aromatic N) is 1. The number of hydrogen-bond donors (Lipinski definition) is 2. The van der Waals surface area contributed by atoms with E-state index in [1.807, 2.05) is 0 Å². The molecule has 0 unspecified atom stereocenters. The number of hydrogen-bond acceptors (Lipinski definition) is 3. The Kier molecular flexibility index (Phi) is 3.79. The van der Waals surface area contributed by atoms with Gasteiger partial charge in [0.1, 0.15) is 5.69 Å². The summed E-state index contributed by atoms with van der Waals surface area (Å²) >= 11 is 3.08. The third-order valence-corrected chi connectivity index (χ3v) is 1.98. The fraction of sp³-hybridized carbons (Fsp3) is 0.222. The van der Waals surface area contributed by atoms with Crippen LogP contribution in [0, 0.1) is 0 Å². The maximum absolute atomic E-state index is 12.3. The van der Waals surface area contributed by atoms with Gasteiger partial charge in [-0.3, -0.25) is 0 Å². The molecule has 0 amide bonds. The second-order valence-corrected chi connectivity index (χ2v) is 4.15. The summed E-state index contributed by atoms with van der Waals surface area (Å²) in [5.74, 6) is 0. The molecule has 0 aromatic carbocycles. The molecule has 0 saturated heterocycles. The Bertz CT molecular complexity index is 403. The molecule has 16 heavy (non-hydrogen) atoms. The predicted octanol–water partition coefficient (Wildman–Crippen LogP) is 3.00. The zero-order valence-electron chi connectivity index (χ0n) is 8.11. The van der Waals surface area contributed by atoms with Crippen molar-refractivity contribution in [2.45, 2.75) is 6.18 Å². The van der Waals surface area contributed by atoms with Crippen LogP contribution >= 0.6 is 15.9 Å². The summed E-state index contributed by atoms with van der Waals surface area (Å²) < 4.78 is 37.6. The molecule has 0 saturated carbocycles. The van der Waals surface area contributed by atoms with Gasteiger partial charge in [-0.15, -0.1) is 0 Å². The molecular formula is C9H9BrF3N3. The van der Waals surface area contributed by atoms with Gasteiger partial charge in [0.05, 0.1) is 17.6 Å². The molecule has 1 aromatic heterocycles. The van der Waals surface area contributed by atoms with Crippen molar-refractivity contribution in [3.63, 3.8) is 0 Å². The van der Waals surface area contributed by atoms with Crippen molar-refractivity contribution in [3.05, 3.63) is 29.0 Å². The summed E-state index contributed by atoms with van der Waals surface area (Å²) in [6, 6.07) is 0.866. The Morgan fingerprint density at radius 1 is 1.56 bits per heavy atom. The molecule has 0 aliphatic rings. The first-order valence-electron chi connectivity index (χ1n) is 4.20. The maximum Gasteiger partial charge on any atom is 0.433 e. The molecule has 0 spiro atoms. The number of nitrogen functional groups attached to an aromatic ring is 1. The minimum absolute atomic E-state index is 0.154. The number of aromatic nitrogens is 1. The van der Waals surface area contributed by atoms with Crippen molar-refractivity contribution in [3.8, 4) is 0 Å². The molecular weight excluding hydrogens is 287 g/mol. The SMILES string of the molecule is C=C(Br)CNc1cc(C(F)(F)F)ncc1N. The van der Waals surface area contributed by atoms with E-state index in [-0.39, 0.29) is 17.9 Å². The van der Waals surface area contributed by atoms with E-state index in [1.54, 1.807) is 0 Å². The second kappa shape index (κ2) is 4.73. The molecule has 0 atom stereocenters. The van der Waals surface area contributed by atoms with Crippen LogP contribution in [0.2, 0.25) is 0 Å². The molecule has 88 valence electrons. The van der Waals surface area contributed by atoms with Crippen LogP contribution in [0.25, 0.3) is 0 Å². The monoisotopic (exact) mass is 295 g/mol. The van der Waals surface area contributed by atoms with Crippen molar-refractivity contribution >= 4 is 27.3 Å². The van der Waals surface area contributed by atoms with Gasteiger partial charge in [-0.1, -0.05) is 22.5 Å². The van der Waals surface area contributed by atoms with Crippen LogP contribution in [-0.2, 0) is 6.18 Å². The smallest absolute Gasteiger partial charge is 0.396 e. The minimum Gasteiger partial charge on any atom is -0.396 e. The predicted molar refractivity (Wildman–Crippen MR) is 60.2 cm³/mol. The molecule has 1 heterocycles. The van der Waals surface area contributed by atoms with Crippen molar-refractivity contribution < 1.29 is 13.2 Å².